The third kappa shape index (κ3) is 2.60. The van der Waals surface area contributed by atoms with E-state index in [4.69, 9.17) is 5.73 Å². The molecule has 3 N–H and O–H groups in total. The highest BCUT2D eigenvalue weighted by atomic mass is 32.2. The molecule has 0 amide bonds. The van der Waals surface area contributed by atoms with Crippen LogP contribution in [-0.4, -0.2) is 43.6 Å². The summed E-state index contributed by atoms with van der Waals surface area (Å²) in [5.74, 6) is 0. The maximum atomic E-state index is 12.4. The molecule has 0 saturated carbocycles. The van der Waals surface area contributed by atoms with Crippen molar-refractivity contribution in [3.63, 3.8) is 0 Å². The number of thiophene rings is 1. The van der Waals surface area contributed by atoms with Gasteiger partial charge in [-0.3, -0.25) is 0 Å². The predicted octanol–water partition coefficient (Wildman–Crippen LogP) is 0.395. The Bertz CT molecular complexity index is 498. The van der Waals surface area contributed by atoms with Gasteiger partial charge in [0.25, 0.3) is 10.0 Å². The highest BCUT2D eigenvalue weighted by molar-refractivity contribution is 7.91. The summed E-state index contributed by atoms with van der Waals surface area (Å²) in [6.07, 6.45) is 2.24. The van der Waals surface area contributed by atoms with E-state index in [0.29, 0.717) is 23.7 Å². The third-order valence-corrected chi connectivity index (χ3v) is 6.69. The van der Waals surface area contributed by atoms with Crippen LogP contribution in [0.2, 0.25) is 0 Å². The summed E-state index contributed by atoms with van der Waals surface area (Å²) in [6.45, 7) is 0.904. The summed E-state index contributed by atoms with van der Waals surface area (Å²) >= 11 is 1.27. The minimum atomic E-state index is -3.45. The quantitative estimate of drug-likeness (QED) is 0.822. The van der Waals surface area contributed by atoms with Crippen LogP contribution in [0.3, 0.4) is 0 Å². The monoisotopic (exact) mass is 290 g/mol. The van der Waals surface area contributed by atoms with Gasteiger partial charge >= 0.3 is 0 Å². The van der Waals surface area contributed by atoms with Crippen LogP contribution in [0, 0.1) is 0 Å². The molecule has 1 aliphatic rings. The maximum Gasteiger partial charge on any atom is 0.252 e. The number of sulfonamides is 1. The number of rotatable bonds is 5. The average Bonchev–Trinajstić information content (AvgIpc) is 2.97. The third-order valence-electron chi connectivity index (χ3n) is 3.12. The van der Waals surface area contributed by atoms with Crippen molar-refractivity contribution in [2.45, 2.75) is 29.5 Å². The molecule has 18 heavy (non-hydrogen) atoms. The lowest BCUT2D eigenvalue weighted by Gasteiger charge is -2.21. The van der Waals surface area contributed by atoms with Crippen LogP contribution >= 0.6 is 11.3 Å². The number of aliphatic hydroxyl groups is 1. The van der Waals surface area contributed by atoms with E-state index >= 15 is 0 Å². The molecule has 2 rings (SSSR count). The van der Waals surface area contributed by atoms with Crippen LogP contribution in [0.4, 0.5) is 0 Å². The molecule has 1 atom stereocenters. The van der Waals surface area contributed by atoms with Gasteiger partial charge < -0.3 is 10.8 Å². The molecule has 5 nitrogen and oxygen atoms in total. The molecule has 0 bridgehead atoms. The number of nitrogens with zero attached hydrogens (tertiary/aromatic N) is 1. The van der Waals surface area contributed by atoms with E-state index in [0.717, 1.165) is 17.7 Å². The smallest absolute Gasteiger partial charge is 0.252 e. The maximum absolute atomic E-state index is 12.4. The molecular weight excluding hydrogens is 272 g/mol. The zero-order valence-electron chi connectivity index (χ0n) is 10.1. The topological polar surface area (TPSA) is 83.6 Å². The molecule has 2 heterocycles. The average molecular weight is 290 g/mol. The molecule has 0 aliphatic carbocycles. The molecular formula is C11H18N2O3S2. The summed E-state index contributed by atoms with van der Waals surface area (Å²) in [7, 11) is -3.45. The zero-order chi connectivity index (χ0) is 13.2. The van der Waals surface area contributed by atoms with Crippen molar-refractivity contribution in [1.29, 1.82) is 0 Å². The van der Waals surface area contributed by atoms with Crippen molar-refractivity contribution in [3.8, 4) is 0 Å². The fourth-order valence-corrected chi connectivity index (χ4v) is 5.38. The van der Waals surface area contributed by atoms with Crippen LogP contribution in [0.25, 0.3) is 0 Å². The van der Waals surface area contributed by atoms with Crippen LogP contribution in [0.15, 0.2) is 16.3 Å². The predicted molar refractivity (Wildman–Crippen MR) is 71.1 cm³/mol. The molecule has 1 aliphatic heterocycles. The van der Waals surface area contributed by atoms with Crippen molar-refractivity contribution in [3.05, 3.63) is 17.0 Å². The Balaban J connectivity index is 2.24. The highest BCUT2D eigenvalue weighted by Gasteiger charge is 2.35. The molecule has 102 valence electrons. The van der Waals surface area contributed by atoms with E-state index < -0.39 is 10.0 Å². The number of nitrogens with two attached hydrogens (primary N) is 1. The molecule has 0 aromatic carbocycles. The molecule has 0 radical (unpaired) electrons. The van der Waals surface area contributed by atoms with Gasteiger partial charge in [0.2, 0.25) is 0 Å². The molecule has 1 aromatic heterocycles. The van der Waals surface area contributed by atoms with Gasteiger partial charge in [0.1, 0.15) is 4.21 Å². The first-order chi connectivity index (χ1) is 8.59. The second-order valence-electron chi connectivity index (χ2n) is 4.35. The van der Waals surface area contributed by atoms with E-state index in [2.05, 4.69) is 0 Å². The number of aliphatic hydroxyl groups excluding tert-OH is 1. The van der Waals surface area contributed by atoms with Gasteiger partial charge in [-0.2, -0.15) is 4.31 Å². The summed E-state index contributed by atoms with van der Waals surface area (Å²) in [6, 6.07) is 3.18. The molecule has 1 fully saturated rings. The Kier molecular flexibility index (Phi) is 4.39. The van der Waals surface area contributed by atoms with Crippen molar-refractivity contribution >= 4 is 21.4 Å². The number of hydrogen-bond donors (Lipinski definition) is 2. The SMILES string of the molecule is NCCc1ccc(S(=O)(=O)N2CCCC2CO)s1. The van der Waals surface area contributed by atoms with Gasteiger partial charge in [0.15, 0.2) is 0 Å². The van der Waals surface area contributed by atoms with Gasteiger partial charge in [-0.25, -0.2) is 8.42 Å². The molecule has 7 heteroatoms. The second kappa shape index (κ2) is 5.66. The van der Waals surface area contributed by atoms with Crippen LogP contribution < -0.4 is 5.73 Å². The van der Waals surface area contributed by atoms with Crippen LogP contribution in [0.5, 0.6) is 0 Å². The molecule has 1 unspecified atom stereocenters. The van der Waals surface area contributed by atoms with E-state index in [1.165, 1.54) is 15.6 Å². The van der Waals surface area contributed by atoms with Gasteiger partial charge in [0.05, 0.1) is 6.61 Å². The minimum Gasteiger partial charge on any atom is -0.395 e. The zero-order valence-corrected chi connectivity index (χ0v) is 11.7. The van der Waals surface area contributed by atoms with E-state index in [-0.39, 0.29) is 12.6 Å². The van der Waals surface area contributed by atoms with Gasteiger partial charge in [-0.1, -0.05) is 0 Å². The lowest BCUT2D eigenvalue weighted by molar-refractivity contribution is 0.213. The fourth-order valence-electron chi connectivity index (χ4n) is 2.20. The lowest BCUT2D eigenvalue weighted by Crippen LogP contribution is -2.37. The summed E-state index contributed by atoms with van der Waals surface area (Å²) in [5, 5.41) is 9.22. The fraction of sp³-hybridized carbons (Fsp3) is 0.636. The summed E-state index contributed by atoms with van der Waals surface area (Å²) in [4.78, 5) is 0.982. The Morgan fingerprint density at radius 3 is 2.94 bits per heavy atom. The van der Waals surface area contributed by atoms with Crippen molar-refractivity contribution in [2.75, 3.05) is 19.7 Å². The van der Waals surface area contributed by atoms with Crippen molar-refractivity contribution < 1.29 is 13.5 Å². The van der Waals surface area contributed by atoms with Crippen LogP contribution in [-0.2, 0) is 16.4 Å². The minimum absolute atomic E-state index is 0.111. The first-order valence-corrected chi connectivity index (χ1v) is 8.26. The Hall–Kier alpha value is -0.470. The molecule has 1 saturated heterocycles. The largest absolute Gasteiger partial charge is 0.395 e. The number of hydrogen-bond acceptors (Lipinski definition) is 5. The Morgan fingerprint density at radius 1 is 1.50 bits per heavy atom. The molecule has 0 spiro atoms. The standard InChI is InChI=1S/C11H18N2O3S2/c12-6-5-10-3-4-11(17-10)18(15,16)13-7-1-2-9(13)8-14/h3-4,9,14H,1-2,5-8,12H2. The first kappa shape index (κ1) is 14.0. The van der Waals surface area contributed by atoms with Crippen molar-refractivity contribution in [1.82, 2.24) is 4.31 Å². The van der Waals surface area contributed by atoms with Gasteiger partial charge in [0, 0.05) is 17.5 Å². The van der Waals surface area contributed by atoms with E-state index in [1.54, 1.807) is 6.07 Å². The van der Waals surface area contributed by atoms with E-state index in [9.17, 15) is 13.5 Å². The van der Waals surface area contributed by atoms with Crippen molar-refractivity contribution in [2.24, 2.45) is 5.73 Å². The van der Waals surface area contributed by atoms with Gasteiger partial charge in [-0.05, 0) is 37.9 Å². The first-order valence-electron chi connectivity index (χ1n) is 6.01. The Labute approximate surface area is 111 Å². The lowest BCUT2D eigenvalue weighted by atomic mass is 10.2. The normalized spacial score (nSPS) is 21.6. The highest BCUT2D eigenvalue weighted by Crippen LogP contribution is 2.30. The van der Waals surface area contributed by atoms with Gasteiger partial charge in [-0.15, -0.1) is 11.3 Å². The van der Waals surface area contributed by atoms with Crippen LogP contribution in [0.1, 0.15) is 17.7 Å². The van der Waals surface area contributed by atoms with E-state index in [1.807, 2.05) is 6.07 Å². The molecule has 1 aromatic rings. The second-order valence-corrected chi connectivity index (χ2v) is 7.64. The summed E-state index contributed by atoms with van der Waals surface area (Å²) < 4.78 is 26.6. The summed E-state index contributed by atoms with van der Waals surface area (Å²) in [5.41, 5.74) is 5.46. The Morgan fingerprint density at radius 2 is 2.28 bits per heavy atom.